The Hall–Kier alpha value is -0.800. The third kappa shape index (κ3) is 2.36. The van der Waals surface area contributed by atoms with Gasteiger partial charge in [-0.2, -0.15) is 5.26 Å². The van der Waals surface area contributed by atoms with Crippen LogP contribution in [0, 0.1) is 11.3 Å². The van der Waals surface area contributed by atoms with Crippen LogP contribution in [0.1, 0.15) is 0 Å². The summed E-state index contributed by atoms with van der Waals surface area (Å²) in [4.78, 5) is 0. The van der Waals surface area contributed by atoms with Crippen molar-refractivity contribution >= 4 is 23.4 Å². The van der Waals surface area contributed by atoms with Crippen molar-refractivity contribution in [2.75, 3.05) is 5.75 Å². The first-order valence-electron chi connectivity index (χ1n) is 3.13. The Morgan fingerprint density at radius 2 is 2.58 bits per heavy atom. The maximum Gasteiger partial charge on any atom is 0.209 e. The molecule has 64 valence electrons. The lowest BCUT2D eigenvalue weighted by atomic mass is 10.5. The lowest BCUT2D eigenvalue weighted by molar-refractivity contribution is 0.664. The Kier molecular flexibility index (Phi) is 3.31. The quantitative estimate of drug-likeness (QED) is 0.527. The molecule has 0 saturated heterocycles. The van der Waals surface area contributed by atoms with Gasteiger partial charge >= 0.3 is 0 Å². The normalized spacial score (nSPS) is 12.4. The molecule has 0 aliphatic heterocycles. The molecule has 0 N–H and O–H groups in total. The van der Waals surface area contributed by atoms with Crippen molar-refractivity contribution in [3.8, 4) is 6.07 Å². The first kappa shape index (κ1) is 9.29. The van der Waals surface area contributed by atoms with E-state index in [2.05, 4.69) is 15.5 Å². The number of alkyl halides is 1. The van der Waals surface area contributed by atoms with E-state index in [0.717, 1.165) is 0 Å². The summed E-state index contributed by atoms with van der Waals surface area (Å²) in [6.07, 6.45) is 0. The van der Waals surface area contributed by atoms with Crippen molar-refractivity contribution in [2.45, 2.75) is 10.5 Å². The van der Waals surface area contributed by atoms with E-state index in [9.17, 15) is 0 Å². The number of nitrogens with zero attached hydrogens (tertiary/aromatic N) is 5. The molecule has 0 spiro atoms. The predicted octanol–water partition coefficient (Wildman–Crippen LogP) is 0.433. The lowest BCUT2D eigenvalue weighted by Gasteiger charge is -1.97. The van der Waals surface area contributed by atoms with Crippen LogP contribution in [0.15, 0.2) is 5.16 Å². The van der Waals surface area contributed by atoms with Gasteiger partial charge in [0.15, 0.2) is 0 Å². The number of nitriles is 1. The van der Waals surface area contributed by atoms with Crippen LogP contribution in [-0.4, -0.2) is 31.3 Å². The van der Waals surface area contributed by atoms with Crippen LogP contribution in [0.25, 0.3) is 0 Å². The van der Waals surface area contributed by atoms with Crippen molar-refractivity contribution < 1.29 is 0 Å². The molecule has 0 aromatic carbocycles. The SMILES string of the molecule is Cn1nnnc1SCC(Cl)C#N. The number of halogens is 1. The van der Waals surface area contributed by atoms with Gasteiger partial charge in [0.1, 0.15) is 5.38 Å². The second-order valence-electron chi connectivity index (χ2n) is 1.99. The average molecular weight is 204 g/mol. The molecule has 1 heterocycles. The molecule has 0 amide bonds. The summed E-state index contributed by atoms with van der Waals surface area (Å²) in [5, 5.41) is 19.3. The Bertz CT molecular complexity index is 292. The van der Waals surface area contributed by atoms with E-state index < -0.39 is 5.38 Å². The van der Waals surface area contributed by atoms with E-state index >= 15 is 0 Å². The van der Waals surface area contributed by atoms with E-state index in [1.165, 1.54) is 16.4 Å². The standard InChI is InChI=1S/C5H6ClN5S/c1-11-5(8-9-10-11)12-3-4(6)2-7/h4H,3H2,1H3. The number of aryl methyl sites for hydroxylation is 1. The maximum atomic E-state index is 8.38. The Morgan fingerprint density at radius 3 is 3.08 bits per heavy atom. The Balaban J connectivity index is 2.44. The molecular weight excluding hydrogens is 198 g/mol. The molecule has 0 saturated carbocycles. The average Bonchev–Trinajstić information content (AvgIpc) is 2.47. The molecule has 0 aliphatic rings. The number of tetrazole rings is 1. The number of hydrogen-bond donors (Lipinski definition) is 0. The molecule has 1 aromatic heterocycles. The minimum atomic E-state index is -0.494. The van der Waals surface area contributed by atoms with Gasteiger partial charge in [-0.25, -0.2) is 4.68 Å². The fourth-order valence-corrected chi connectivity index (χ4v) is 1.41. The smallest absolute Gasteiger partial charge is 0.209 e. The molecule has 7 heteroatoms. The third-order valence-corrected chi connectivity index (χ3v) is 2.62. The van der Waals surface area contributed by atoms with E-state index in [0.29, 0.717) is 10.9 Å². The number of rotatable bonds is 3. The van der Waals surface area contributed by atoms with E-state index in [4.69, 9.17) is 16.9 Å². The Labute approximate surface area is 78.7 Å². The zero-order valence-corrected chi connectivity index (χ0v) is 7.88. The van der Waals surface area contributed by atoms with Crippen molar-refractivity contribution in [1.82, 2.24) is 20.2 Å². The van der Waals surface area contributed by atoms with E-state index in [1.54, 1.807) is 7.05 Å². The number of thioether (sulfide) groups is 1. The molecule has 0 bridgehead atoms. The first-order chi connectivity index (χ1) is 5.74. The zero-order chi connectivity index (χ0) is 8.97. The van der Waals surface area contributed by atoms with Crippen molar-refractivity contribution in [2.24, 2.45) is 7.05 Å². The van der Waals surface area contributed by atoms with Crippen LogP contribution >= 0.6 is 23.4 Å². The summed E-state index contributed by atoms with van der Waals surface area (Å²) in [7, 11) is 1.73. The molecule has 0 radical (unpaired) electrons. The zero-order valence-electron chi connectivity index (χ0n) is 6.31. The molecule has 1 atom stereocenters. The van der Waals surface area contributed by atoms with Gasteiger partial charge in [0.25, 0.3) is 0 Å². The largest absolute Gasteiger partial charge is 0.224 e. The number of hydrogen-bond acceptors (Lipinski definition) is 5. The monoisotopic (exact) mass is 203 g/mol. The summed E-state index contributed by atoms with van der Waals surface area (Å²) >= 11 is 6.93. The van der Waals surface area contributed by atoms with Gasteiger partial charge in [-0.05, 0) is 10.4 Å². The minimum absolute atomic E-state index is 0.492. The summed E-state index contributed by atoms with van der Waals surface area (Å²) in [5.74, 6) is 0.492. The first-order valence-corrected chi connectivity index (χ1v) is 4.55. The highest BCUT2D eigenvalue weighted by atomic mass is 35.5. The molecule has 1 rings (SSSR count). The van der Waals surface area contributed by atoms with Gasteiger partial charge in [-0.1, -0.05) is 11.8 Å². The molecule has 12 heavy (non-hydrogen) atoms. The summed E-state index contributed by atoms with van der Waals surface area (Å²) < 4.78 is 1.53. The Morgan fingerprint density at radius 1 is 1.83 bits per heavy atom. The minimum Gasteiger partial charge on any atom is -0.224 e. The predicted molar refractivity (Wildman–Crippen MR) is 44.8 cm³/mol. The maximum absolute atomic E-state index is 8.38. The van der Waals surface area contributed by atoms with Crippen molar-refractivity contribution in [1.29, 1.82) is 5.26 Å². The number of aromatic nitrogens is 4. The molecule has 5 nitrogen and oxygen atoms in total. The van der Waals surface area contributed by atoms with Crippen molar-refractivity contribution in [3.05, 3.63) is 0 Å². The van der Waals surface area contributed by atoms with Gasteiger partial charge in [0, 0.05) is 12.8 Å². The summed E-state index contributed by atoms with van der Waals surface area (Å²) in [6, 6.07) is 1.91. The van der Waals surface area contributed by atoms with Gasteiger partial charge in [0.2, 0.25) is 5.16 Å². The second-order valence-corrected chi connectivity index (χ2v) is 3.51. The van der Waals surface area contributed by atoms with Gasteiger partial charge in [-0.3, -0.25) is 0 Å². The molecule has 1 unspecified atom stereocenters. The van der Waals surface area contributed by atoms with E-state index in [-0.39, 0.29) is 0 Å². The van der Waals surface area contributed by atoms with Crippen LogP contribution in [-0.2, 0) is 7.05 Å². The van der Waals surface area contributed by atoms with Crippen LogP contribution in [0.3, 0.4) is 0 Å². The highest BCUT2D eigenvalue weighted by molar-refractivity contribution is 7.99. The van der Waals surface area contributed by atoms with Crippen LogP contribution < -0.4 is 0 Å². The van der Waals surface area contributed by atoms with Crippen LogP contribution in [0.4, 0.5) is 0 Å². The van der Waals surface area contributed by atoms with E-state index in [1.807, 2.05) is 6.07 Å². The lowest BCUT2D eigenvalue weighted by Crippen LogP contribution is -2.00. The van der Waals surface area contributed by atoms with Gasteiger partial charge < -0.3 is 0 Å². The molecule has 0 fully saturated rings. The fraction of sp³-hybridized carbons (Fsp3) is 0.600. The third-order valence-electron chi connectivity index (χ3n) is 1.08. The van der Waals surface area contributed by atoms with Gasteiger partial charge in [0.05, 0.1) is 6.07 Å². The molecular formula is C5H6ClN5S. The van der Waals surface area contributed by atoms with Crippen molar-refractivity contribution in [3.63, 3.8) is 0 Å². The second kappa shape index (κ2) is 4.28. The highest BCUT2D eigenvalue weighted by Crippen LogP contribution is 2.15. The van der Waals surface area contributed by atoms with Crippen LogP contribution in [0.2, 0.25) is 0 Å². The van der Waals surface area contributed by atoms with Gasteiger partial charge in [-0.15, -0.1) is 16.7 Å². The fourth-order valence-electron chi connectivity index (χ4n) is 0.528. The highest BCUT2D eigenvalue weighted by Gasteiger charge is 2.07. The molecule has 1 aromatic rings. The topological polar surface area (TPSA) is 67.4 Å². The van der Waals surface area contributed by atoms with Crippen LogP contribution in [0.5, 0.6) is 0 Å². The molecule has 0 aliphatic carbocycles. The summed E-state index contributed by atoms with van der Waals surface area (Å²) in [6.45, 7) is 0. The summed E-state index contributed by atoms with van der Waals surface area (Å²) in [5.41, 5.74) is 0.